The van der Waals surface area contributed by atoms with E-state index in [1.807, 2.05) is 33.0 Å². The summed E-state index contributed by atoms with van der Waals surface area (Å²) in [5, 5.41) is 1.96. The molecule has 0 amide bonds. The average Bonchev–Trinajstić information content (AvgIpc) is 2.37. The van der Waals surface area contributed by atoms with Crippen molar-refractivity contribution in [3.8, 4) is 5.88 Å². The van der Waals surface area contributed by atoms with Gasteiger partial charge in [-0.25, -0.2) is 4.98 Å². The second-order valence-corrected chi connectivity index (χ2v) is 5.94. The molecule has 2 N–H and O–H groups in total. The topological polar surface area (TPSA) is 61.0 Å². The Morgan fingerprint density at radius 3 is 2.65 bits per heavy atom. The van der Waals surface area contributed by atoms with Crippen LogP contribution in [-0.4, -0.2) is 22.3 Å². The number of aryl methyl sites for hydroxylation is 1. The lowest BCUT2D eigenvalue weighted by Crippen LogP contribution is -2.29. The van der Waals surface area contributed by atoms with Gasteiger partial charge in [-0.1, -0.05) is 0 Å². The predicted octanol–water partition coefficient (Wildman–Crippen LogP) is 2.83. The molecule has 20 heavy (non-hydrogen) atoms. The summed E-state index contributed by atoms with van der Waals surface area (Å²) in [6.45, 7) is 6.51. The zero-order valence-corrected chi connectivity index (χ0v) is 13.1. The maximum absolute atomic E-state index is 6.23. The van der Waals surface area contributed by atoms with Crippen LogP contribution >= 0.6 is 12.6 Å². The molecule has 2 heterocycles. The third-order valence-electron chi connectivity index (χ3n) is 3.11. The van der Waals surface area contributed by atoms with Crippen LogP contribution in [0.4, 0.5) is 0 Å². The SMILES string of the molecule is Cc1cc2c(C(C)(C)N)cnc(OCCCS)c2cn1. The van der Waals surface area contributed by atoms with Crippen molar-refractivity contribution >= 4 is 23.4 Å². The summed E-state index contributed by atoms with van der Waals surface area (Å²) in [7, 11) is 0. The van der Waals surface area contributed by atoms with Gasteiger partial charge in [0.15, 0.2) is 0 Å². The van der Waals surface area contributed by atoms with Crippen LogP contribution in [0.5, 0.6) is 5.88 Å². The summed E-state index contributed by atoms with van der Waals surface area (Å²) in [6.07, 6.45) is 4.50. The van der Waals surface area contributed by atoms with E-state index in [1.165, 1.54) is 0 Å². The summed E-state index contributed by atoms with van der Waals surface area (Å²) >= 11 is 4.18. The third-order valence-corrected chi connectivity index (χ3v) is 3.42. The van der Waals surface area contributed by atoms with E-state index in [0.717, 1.165) is 34.2 Å². The molecule has 0 radical (unpaired) electrons. The van der Waals surface area contributed by atoms with E-state index in [0.29, 0.717) is 12.5 Å². The Kier molecular flexibility index (Phi) is 4.50. The van der Waals surface area contributed by atoms with Gasteiger partial charge in [-0.05, 0) is 50.0 Å². The first-order valence-electron chi connectivity index (χ1n) is 6.72. The van der Waals surface area contributed by atoms with Gasteiger partial charge in [0, 0.05) is 23.6 Å². The molecule has 0 aromatic carbocycles. The van der Waals surface area contributed by atoms with Crippen molar-refractivity contribution in [2.45, 2.75) is 32.7 Å². The molecule has 0 fully saturated rings. The van der Waals surface area contributed by atoms with Gasteiger partial charge in [0.1, 0.15) is 0 Å². The van der Waals surface area contributed by atoms with Crippen LogP contribution in [0, 0.1) is 6.92 Å². The van der Waals surface area contributed by atoms with Crippen LogP contribution in [0.1, 0.15) is 31.5 Å². The maximum atomic E-state index is 6.23. The first-order valence-corrected chi connectivity index (χ1v) is 7.35. The lowest BCUT2D eigenvalue weighted by molar-refractivity contribution is 0.310. The van der Waals surface area contributed by atoms with Crippen molar-refractivity contribution in [3.05, 3.63) is 29.7 Å². The Bertz CT molecular complexity index is 608. The van der Waals surface area contributed by atoms with Gasteiger partial charge in [0.2, 0.25) is 5.88 Å². The quantitative estimate of drug-likeness (QED) is 0.657. The normalized spacial score (nSPS) is 11.8. The third kappa shape index (κ3) is 3.22. The number of ether oxygens (including phenoxy) is 1. The van der Waals surface area contributed by atoms with Gasteiger partial charge in [0.25, 0.3) is 0 Å². The van der Waals surface area contributed by atoms with Crippen molar-refractivity contribution in [3.63, 3.8) is 0 Å². The second kappa shape index (κ2) is 5.97. The molecule has 108 valence electrons. The number of nitrogens with zero attached hydrogens (tertiary/aromatic N) is 2. The standard InChI is InChI=1S/C15H21N3OS/c1-10-7-11-12(8-17-10)14(19-5-4-6-20)18-9-13(11)15(2,3)16/h7-9,20H,4-6,16H2,1-3H3. The lowest BCUT2D eigenvalue weighted by atomic mass is 9.93. The Morgan fingerprint density at radius 1 is 1.25 bits per heavy atom. The van der Waals surface area contributed by atoms with Crippen molar-refractivity contribution in [2.24, 2.45) is 5.73 Å². The van der Waals surface area contributed by atoms with E-state index in [1.54, 1.807) is 6.20 Å². The van der Waals surface area contributed by atoms with Gasteiger partial charge >= 0.3 is 0 Å². The molecule has 0 spiro atoms. The molecular weight excluding hydrogens is 270 g/mol. The van der Waals surface area contributed by atoms with Crippen LogP contribution < -0.4 is 10.5 Å². The van der Waals surface area contributed by atoms with E-state index in [9.17, 15) is 0 Å². The molecular formula is C15H21N3OS. The molecule has 0 aliphatic carbocycles. The van der Waals surface area contributed by atoms with E-state index >= 15 is 0 Å². The first-order chi connectivity index (χ1) is 9.43. The largest absolute Gasteiger partial charge is 0.477 e. The number of hydrogen-bond donors (Lipinski definition) is 2. The Morgan fingerprint density at radius 2 is 2.00 bits per heavy atom. The van der Waals surface area contributed by atoms with Crippen molar-refractivity contribution in [2.75, 3.05) is 12.4 Å². The maximum Gasteiger partial charge on any atom is 0.222 e. The molecule has 0 unspecified atom stereocenters. The van der Waals surface area contributed by atoms with Gasteiger partial charge in [0.05, 0.1) is 12.0 Å². The van der Waals surface area contributed by atoms with Crippen LogP contribution in [0.15, 0.2) is 18.5 Å². The second-order valence-electron chi connectivity index (χ2n) is 5.50. The number of nitrogens with two attached hydrogens (primary N) is 1. The highest BCUT2D eigenvalue weighted by Gasteiger charge is 2.20. The monoisotopic (exact) mass is 291 g/mol. The molecule has 0 saturated carbocycles. The highest BCUT2D eigenvalue weighted by molar-refractivity contribution is 7.80. The van der Waals surface area contributed by atoms with Crippen molar-refractivity contribution in [1.29, 1.82) is 0 Å². The fourth-order valence-corrected chi connectivity index (χ4v) is 2.21. The minimum atomic E-state index is -0.456. The number of fused-ring (bicyclic) bond motifs is 1. The summed E-state index contributed by atoms with van der Waals surface area (Å²) in [4.78, 5) is 8.75. The van der Waals surface area contributed by atoms with E-state index in [2.05, 4.69) is 22.6 Å². The molecule has 4 nitrogen and oxygen atoms in total. The molecule has 0 saturated heterocycles. The zero-order valence-electron chi connectivity index (χ0n) is 12.2. The number of thiol groups is 1. The fourth-order valence-electron chi connectivity index (χ4n) is 2.08. The Labute approximate surface area is 125 Å². The van der Waals surface area contributed by atoms with Crippen LogP contribution in [0.3, 0.4) is 0 Å². The zero-order chi connectivity index (χ0) is 14.8. The lowest BCUT2D eigenvalue weighted by Gasteiger charge is -2.22. The van der Waals surface area contributed by atoms with Crippen LogP contribution in [-0.2, 0) is 5.54 Å². The molecule has 0 aliphatic rings. The highest BCUT2D eigenvalue weighted by Crippen LogP contribution is 2.31. The molecule has 0 aliphatic heterocycles. The van der Waals surface area contributed by atoms with E-state index < -0.39 is 5.54 Å². The minimum absolute atomic E-state index is 0.456. The van der Waals surface area contributed by atoms with Gasteiger partial charge < -0.3 is 10.5 Å². The van der Waals surface area contributed by atoms with Crippen LogP contribution in [0.25, 0.3) is 10.8 Å². The van der Waals surface area contributed by atoms with Crippen molar-refractivity contribution < 1.29 is 4.74 Å². The number of aromatic nitrogens is 2. The van der Waals surface area contributed by atoms with E-state index in [4.69, 9.17) is 10.5 Å². The number of hydrogen-bond acceptors (Lipinski definition) is 5. The molecule has 2 rings (SSSR count). The highest BCUT2D eigenvalue weighted by atomic mass is 32.1. The van der Waals surface area contributed by atoms with E-state index in [-0.39, 0.29) is 0 Å². The van der Waals surface area contributed by atoms with Gasteiger partial charge in [-0.15, -0.1) is 0 Å². The molecule has 5 heteroatoms. The van der Waals surface area contributed by atoms with Crippen LogP contribution in [0.2, 0.25) is 0 Å². The predicted molar refractivity (Wildman–Crippen MR) is 85.5 cm³/mol. The first kappa shape index (κ1) is 15.1. The molecule has 2 aromatic rings. The summed E-state index contributed by atoms with van der Waals surface area (Å²) in [6, 6.07) is 2.03. The number of pyridine rings is 2. The van der Waals surface area contributed by atoms with Gasteiger partial charge in [-0.3, -0.25) is 4.98 Å². The van der Waals surface area contributed by atoms with Crippen molar-refractivity contribution in [1.82, 2.24) is 9.97 Å². The summed E-state index contributed by atoms with van der Waals surface area (Å²) in [5.41, 5.74) is 7.73. The summed E-state index contributed by atoms with van der Waals surface area (Å²) in [5.74, 6) is 1.41. The Balaban J connectivity index is 2.53. The molecule has 0 bridgehead atoms. The van der Waals surface area contributed by atoms with Gasteiger partial charge in [-0.2, -0.15) is 12.6 Å². The minimum Gasteiger partial charge on any atom is -0.477 e. The Hall–Kier alpha value is -1.33. The fraction of sp³-hybridized carbons (Fsp3) is 0.467. The summed E-state index contributed by atoms with van der Waals surface area (Å²) < 4.78 is 5.73. The molecule has 2 aromatic heterocycles. The smallest absolute Gasteiger partial charge is 0.222 e. The molecule has 0 atom stereocenters. The average molecular weight is 291 g/mol. The number of rotatable bonds is 5.